The molecule has 152 valence electrons. The Kier molecular flexibility index (Phi) is 6.16. The number of aromatic nitrogens is 4. The fourth-order valence-corrected chi connectivity index (χ4v) is 3.41. The lowest BCUT2D eigenvalue weighted by Gasteiger charge is -2.14. The Balaban J connectivity index is 1.84. The molecule has 0 amide bonds. The van der Waals surface area contributed by atoms with Gasteiger partial charge in [0.15, 0.2) is 17.0 Å². The molecule has 1 N–H and O–H groups in total. The summed E-state index contributed by atoms with van der Waals surface area (Å²) in [6, 6.07) is 20.0. The average molecular weight is 419 g/mol. The van der Waals surface area contributed by atoms with Crippen molar-refractivity contribution in [3.63, 3.8) is 0 Å². The van der Waals surface area contributed by atoms with Crippen LogP contribution in [0, 0.1) is 0 Å². The van der Waals surface area contributed by atoms with Crippen LogP contribution in [-0.2, 0) is 0 Å². The minimum absolute atomic E-state index is 0.151. The van der Waals surface area contributed by atoms with Gasteiger partial charge in [-0.2, -0.15) is 9.97 Å². The maximum absolute atomic E-state index is 6.20. The van der Waals surface area contributed by atoms with E-state index in [1.165, 1.54) is 0 Å². The maximum Gasteiger partial charge on any atom is 0.226 e. The molecule has 0 aliphatic carbocycles. The van der Waals surface area contributed by atoms with Crippen molar-refractivity contribution < 1.29 is 0 Å². The van der Waals surface area contributed by atoms with Gasteiger partial charge in [0.1, 0.15) is 0 Å². The first kappa shape index (κ1) is 20.2. The van der Waals surface area contributed by atoms with Crippen molar-refractivity contribution in [1.29, 1.82) is 0 Å². The van der Waals surface area contributed by atoms with Crippen molar-refractivity contribution in [2.24, 2.45) is 0 Å². The van der Waals surface area contributed by atoms with E-state index in [2.05, 4.69) is 34.3 Å². The zero-order valence-corrected chi connectivity index (χ0v) is 17.8. The molecule has 0 spiro atoms. The van der Waals surface area contributed by atoms with Gasteiger partial charge in [-0.1, -0.05) is 60.7 Å². The number of rotatable bonds is 7. The molecule has 0 unspecified atom stereocenters. The van der Waals surface area contributed by atoms with E-state index in [1.807, 2.05) is 60.7 Å². The van der Waals surface area contributed by atoms with Crippen LogP contribution in [0.25, 0.3) is 33.7 Å². The van der Waals surface area contributed by atoms with E-state index >= 15 is 0 Å². The summed E-state index contributed by atoms with van der Waals surface area (Å²) < 4.78 is 0. The molecule has 4 aromatic rings. The number of hydrogen-bond donors (Lipinski definition) is 1. The summed E-state index contributed by atoms with van der Waals surface area (Å²) in [5.41, 5.74) is 4.60. The molecule has 0 saturated heterocycles. The van der Waals surface area contributed by atoms with Crippen LogP contribution in [0.5, 0.6) is 0 Å². The smallest absolute Gasteiger partial charge is 0.226 e. The Morgan fingerprint density at radius 1 is 0.800 bits per heavy atom. The second-order valence-electron chi connectivity index (χ2n) is 7.25. The number of nitrogens with zero attached hydrogens (tertiary/aromatic N) is 5. The summed E-state index contributed by atoms with van der Waals surface area (Å²) in [6.45, 7) is 1.73. The molecule has 0 fully saturated rings. The summed E-state index contributed by atoms with van der Waals surface area (Å²) in [5.74, 6) is 0.605. The lowest BCUT2D eigenvalue weighted by atomic mass is 10.0. The molecule has 4 rings (SSSR count). The summed E-state index contributed by atoms with van der Waals surface area (Å²) in [7, 11) is 4.11. The normalized spacial score (nSPS) is 11.2. The van der Waals surface area contributed by atoms with Crippen molar-refractivity contribution >= 4 is 28.6 Å². The Hall–Kier alpha value is -3.09. The number of nitrogens with one attached hydrogen (secondary N) is 1. The quantitative estimate of drug-likeness (QED) is 0.344. The molecule has 30 heavy (non-hydrogen) atoms. The SMILES string of the molecule is CN(C)CCCNc1nc(Cl)nc2nc(-c3ccccc3)c(-c3ccccc3)nc12. The fraction of sp³-hybridized carbons (Fsp3) is 0.217. The average Bonchev–Trinajstić information content (AvgIpc) is 2.77. The predicted octanol–water partition coefficient (Wildman–Crippen LogP) is 4.77. The van der Waals surface area contributed by atoms with Gasteiger partial charge >= 0.3 is 0 Å². The number of hydrogen-bond acceptors (Lipinski definition) is 6. The molecule has 0 radical (unpaired) electrons. The highest BCUT2D eigenvalue weighted by molar-refractivity contribution is 6.28. The highest BCUT2D eigenvalue weighted by atomic mass is 35.5. The van der Waals surface area contributed by atoms with Crippen LogP contribution in [-0.4, -0.2) is 52.0 Å². The molecule has 2 heterocycles. The van der Waals surface area contributed by atoms with Crippen LogP contribution in [0.2, 0.25) is 5.28 Å². The summed E-state index contributed by atoms with van der Waals surface area (Å²) in [5, 5.41) is 3.51. The van der Waals surface area contributed by atoms with Crippen molar-refractivity contribution in [1.82, 2.24) is 24.8 Å². The van der Waals surface area contributed by atoms with Gasteiger partial charge in [-0.25, -0.2) is 9.97 Å². The van der Waals surface area contributed by atoms with Gasteiger partial charge in [0.25, 0.3) is 0 Å². The minimum Gasteiger partial charge on any atom is -0.368 e. The largest absolute Gasteiger partial charge is 0.368 e. The number of benzene rings is 2. The highest BCUT2D eigenvalue weighted by Crippen LogP contribution is 2.32. The van der Waals surface area contributed by atoms with Gasteiger partial charge < -0.3 is 10.2 Å². The fourth-order valence-electron chi connectivity index (χ4n) is 3.24. The van der Waals surface area contributed by atoms with Crippen LogP contribution < -0.4 is 5.32 Å². The number of halogens is 1. The third-order valence-electron chi connectivity index (χ3n) is 4.67. The third kappa shape index (κ3) is 4.56. The molecular formula is C23H23ClN6. The van der Waals surface area contributed by atoms with Gasteiger partial charge in [0.05, 0.1) is 11.4 Å². The van der Waals surface area contributed by atoms with Crippen molar-refractivity contribution in [2.75, 3.05) is 32.5 Å². The zero-order valence-electron chi connectivity index (χ0n) is 17.0. The van der Waals surface area contributed by atoms with Gasteiger partial charge in [0.2, 0.25) is 5.28 Å². The van der Waals surface area contributed by atoms with E-state index in [4.69, 9.17) is 21.6 Å². The van der Waals surface area contributed by atoms with Crippen LogP contribution in [0.3, 0.4) is 0 Å². The van der Waals surface area contributed by atoms with Crippen LogP contribution >= 0.6 is 11.6 Å². The van der Waals surface area contributed by atoms with E-state index in [0.717, 1.165) is 42.0 Å². The first-order valence-corrected chi connectivity index (χ1v) is 10.2. The van der Waals surface area contributed by atoms with Crippen molar-refractivity contribution in [3.8, 4) is 22.5 Å². The topological polar surface area (TPSA) is 66.8 Å². The van der Waals surface area contributed by atoms with E-state index in [-0.39, 0.29) is 5.28 Å². The monoisotopic (exact) mass is 418 g/mol. The minimum atomic E-state index is 0.151. The van der Waals surface area contributed by atoms with Gasteiger partial charge in [0, 0.05) is 17.7 Å². The second-order valence-corrected chi connectivity index (χ2v) is 7.59. The van der Waals surface area contributed by atoms with E-state index in [1.54, 1.807) is 0 Å². The zero-order chi connectivity index (χ0) is 20.9. The molecular weight excluding hydrogens is 396 g/mol. The molecule has 0 saturated carbocycles. The van der Waals surface area contributed by atoms with E-state index in [0.29, 0.717) is 17.0 Å². The summed E-state index contributed by atoms with van der Waals surface area (Å²) >= 11 is 6.20. The molecule has 0 bridgehead atoms. The first-order chi connectivity index (χ1) is 14.6. The maximum atomic E-state index is 6.20. The van der Waals surface area contributed by atoms with Crippen LogP contribution in [0.4, 0.5) is 5.82 Å². The molecule has 6 nitrogen and oxygen atoms in total. The molecule has 2 aromatic heterocycles. The van der Waals surface area contributed by atoms with E-state index in [9.17, 15) is 0 Å². The summed E-state index contributed by atoms with van der Waals surface area (Å²) in [6.07, 6.45) is 0.969. The van der Waals surface area contributed by atoms with Gasteiger partial charge in [-0.05, 0) is 38.7 Å². The molecule has 0 atom stereocenters. The third-order valence-corrected chi connectivity index (χ3v) is 4.84. The Morgan fingerprint density at radius 2 is 1.40 bits per heavy atom. The molecule has 0 aliphatic heterocycles. The first-order valence-electron chi connectivity index (χ1n) is 9.86. The van der Waals surface area contributed by atoms with E-state index < -0.39 is 0 Å². The lowest BCUT2D eigenvalue weighted by Crippen LogP contribution is -2.17. The number of fused-ring (bicyclic) bond motifs is 1. The highest BCUT2D eigenvalue weighted by Gasteiger charge is 2.17. The van der Waals surface area contributed by atoms with Gasteiger partial charge in [-0.15, -0.1) is 0 Å². The summed E-state index contributed by atoms with van der Waals surface area (Å²) in [4.78, 5) is 20.7. The Bertz CT molecular complexity index is 1130. The second kappa shape index (κ2) is 9.15. The molecule has 2 aromatic carbocycles. The molecule has 7 heteroatoms. The standard InChI is InChI=1S/C23H23ClN6/c1-30(2)15-9-14-25-21-20-22(29-23(24)28-21)27-19(17-12-7-4-8-13-17)18(26-20)16-10-5-3-6-11-16/h3-8,10-13H,9,14-15H2,1-2H3,(H,25,27,28,29). The van der Waals surface area contributed by atoms with Crippen molar-refractivity contribution in [3.05, 3.63) is 65.9 Å². The lowest BCUT2D eigenvalue weighted by molar-refractivity contribution is 0.405. The predicted molar refractivity (Wildman–Crippen MR) is 123 cm³/mol. The van der Waals surface area contributed by atoms with Crippen LogP contribution in [0.15, 0.2) is 60.7 Å². The molecule has 0 aliphatic rings. The number of anilines is 1. The van der Waals surface area contributed by atoms with Crippen LogP contribution in [0.1, 0.15) is 6.42 Å². The Labute approximate surface area is 181 Å². The van der Waals surface area contributed by atoms with Crippen molar-refractivity contribution in [2.45, 2.75) is 6.42 Å². The van der Waals surface area contributed by atoms with Gasteiger partial charge in [-0.3, -0.25) is 0 Å². The Morgan fingerprint density at radius 3 is 2.00 bits per heavy atom.